The molecule has 6 heteroatoms. The Balaban J connectivity index is 1.69. The predicted octanol–water partition coefficient (Wildman–Crippen LogP) is 6.58. The summed E-state index contributed by atoms with van der Waals surface area (Å²) in [5, 5.41) is 3.65. The molecule has 1 aliphatic carbocycles. The predicted molar refractivity (Wildman–Crippen MR) is 137 cm³/mol. The van der Waals surface area contributed by atoms with Crippen LogP contribution in [0.4, 0.5) is 11.4 Å². The molecule has 0 spiro atoms. The number of anilines is 2. The second-order valence-corrected chi connectivity index (χ2v) is 8.84. The fourth-order valence-corrected chi connectivity index (χ4v) is 4.46. The Kier molecular flexibility index (Phi) is 5.59. The van der Waals surface area contributed by atoms with E-state index in [9.17, 15) is 4.79 Å². The third kappa shape index (κ3) is 3.98. The van der Waals surface area contributed by atoms with Crippen molar-refractivity contribution in [2.24, 2.45) is 0 Å². The fourth-order valence-electron chi connectivity index (χ4n) is 4.31. The maximum absolute atomic E-state index is 13.0. The molecule has 33 heavy (non-hydrogen) atoms. The van der Waals surface area contributed by atoms with Crippen LogP contribution in [-0.4, -0.2) is 20.0 Å². The molecule has 5 rings (SSSR count). The number of hydrogen-bond donors (Lipinski definition) is 1. The van der Waals surface area contributed by atoms with E-state index in [-0.39, 0.29) is 5.91 Å². The molecule has 1 unspecified atom stereocenters. The molecule has 0 bridgehead atoms. The molecular formula is C27H27N2O3P. The van der Waals surface area contributed by atoms with Crippen molar-refractivity contribution >= 4 is 37.7 Å². The Hall–Kier alpha value is -3.30. The van der Waals surface area contributed by atoms with Crippen LogP contribution in [0.15, 0.2) is 65.1 Å². The lowest BCUT2D eigenvalue weighted by Crippen LogP contribution is -2.18. The molecule has 1 aromatic heterocycles. The zero-order valence-corrected chi connectivity index (χ0v) is 20.2. The zero-order chi connectivity index (χ0) is 23.1. The summed E-state index contributed by atoms with van der Waals surface area (Å²) in [4.78, 5) is 15.1. The number of benzene rings is 3. The van der Waals surface area contributed by atoms with Gasteiger partial charge in [-0.3, -0.25) is 4.79 Å². The molecule has 1 saturated carbocycles. The molecule has 0 radical (unpaired) electrons. The number of hydrogen-bond acceptors (Lipinski definition) is 4. The Bertz CT molecular complexity index is 1320. The molecular weight excluding hydrogens is 431 g/mol. The summed E-state index contributed by atoms with van der Waals surface area (Å²) in [7, 11) is 5.99. The normalized spacial score (nSPS) is 13.2. The van der Waals surface area contributed by atoms with Crippen molar-refractivity contribution in [3.8, 4) is 17.1 Å². The molecule has 5 nitrogen and oxygen atoms in total. The van der Waals surface area contributed by atoms with Gasteiger partial charge >= 0.3 is 0 Å². The van der Waals surface area contributed by atoms with Gasteiger partial charge in [-0.05, 0) is 61.6 Å². The maximum Gasteiger partial charge on any atom is 0.255 e. The van der Waals surface area contributed by atoms with Crippen molar-refractivity contribution in [2.75, 3.05) is 19.0 Å². The lowest BCUT2D eigenvalue weighted by molar-refractivity contribution is 0.0964. The van der Waals surface area contributed by atoms with Crippen LogP contribution in [0.3, 0.4) is 0 Å². The molecule has 1 heterocycles. The maximum atomic E-state index is 13.0. The zero-order valence-electron chi connectivity index (χ0n) is 19.0. The number of aryl methyl sites for hydroxylation is 1. The van der Waals surface area contributed by atoms with Crippen molar-refractivity contribution in [1.29, 1.82) is 0 Å². The molecule has 1 amide bonds. The van der Waals surface area contributed by atoms with E-state index in [1.54, 1.807) is 7.05 Å². The molecule has 3 aromatic carbocycles. The number of carbonyl (C=O) groups excluding carboxylic acids is 1. The molecule has 1 fully saturated rings. The fraction of sp³-hybridized carbons (Fsp3) is 0.222. The van der Waals surface area contributed by atoms with E-state index < -0.39 is 0 Å². The average Bonchev–Trinajstić information content (AvgIpc) is 3.63. The van der Waals surface area contributed by atoms with Gasteiger partial charge in [-0.15, -0.1) is 0 Å². The van der Waals surface area contributed by atoms with E-state index in [4.69, 9.17) is 8.94 Å². The number of rotatable bonds is 6. The SMILES string of the molecule is CNC(=O)c1c(-c2ccc(C)cc2)oc2cc(N(C)c3ccc(OP)cc3)c(C3CC3)cc12. The molecule has 0 saturated heterocycles. The standard InChI is InChI=1S/C27H27N2O3P/c1-16-4-6-18(7-5-16)26-25(27(30)28-2)22-14-21(17-8-9-17)23(15-24(22)31-26)29(3)19-10-12-20(32-33)13-11-19/h4-7,10-15,17H,8-9,33H2,1-3H3,(H,28,30). The number of nitrogens with one attached hydrogen (secondary N) is 1. The van der Waals surface area contributed by atoms with Crippen molar-refractivity contribution in [1.82, 2.24) is 5.32 Å². The second-order valence-electron chi connectivity index (χ2n) is 8.60. The van der Waals surface area contributed by atoms with Gasteiger partial charge in [0, 0.05) is 42.5 Å². The lowest BCUT2D eigenvalue weighted by Gasteiger charge is -2.23. The van der Waals surface area contributed by atoms with E-state index in [1.165, 1.54) is 5.56 Å². The van der Waals surface area contributed by atoms with Crippen LogP contribution in [0.5, 0.6) is 5.75 Å². The summed E-state index contributed by atoms with van der Waals surface area (Å²) in [5.74, 6) is 1.75. The van der Waals surface area contributed by atoms with Gasteiger partial charge < -0.3 is 19.2 Å². The Morgan fingerprint density at radius 2 is 1.79 bits per heavy atom. The van der Waals surface area contributed by atoms with E-state index in [1.807, 2.05) is 55.5 Å². The lowest BCUT2D eigenvalue weighted by atomic mass is 9.99. The van der Waals surface area contributed by atoms with Crippen LogP contribution < -0.4 is 14.7 Å². The van der Waals surface area contributed by atoms with E-state index in [0.29, 0.717) is 22.8 Å². The third-order valence-corrected chi connectivity index (χ3v) is 6.62. The summed E-state index contributed by atoms with van der Waals surface area (Å²) >= 11 is 0. The average molecular weight is 458 g/mol. The summed E-state index contributed by atoms with van der Waals surface area (Å²) in [5.41, 5.74) is 6.75. The van der Waals surface area contributed by atoms with Gasteiger partial charge in [-0.1, -0.05) is 29.8 Å². The first-order valence-electron chi connectivity index (χ1n) is 11.1. The van der Waals surface area contributed by atoms with Gasteiger partial charge in [0.05, 0.1) is 15.0 Å². The van der Waals surface area contributed by atoms with Crippen molar-refractivity contribution in [3.63, 3.8) is 0 Å². The quantitative estimate of drug-likeness (QED) is 0.332. The topological polar surface area (TPSA) is 54.7 Å². The second kappa shape index (κ2) is 8.57. The Morgan fingerprint density at radius 1 is 1.09 bits per heavy atom. The first-order valence-corrected chi connectivity index (χ1v) is 11.6. The van der Waals surface area contributed by atoms with Gasteiger partial charge in [0.1, 0.15) is 17.1 Å². The number of carbonyl (C=O) groups is 1. The minimum atomic E-state index is -0.139. The first kappa shape index (κ1) is 21.5. The smallest absolute Gasteiger partial charge is 0.255 e. The highest BCUT2D eigenvalue weighted by molar-refractivity contribution is 7.10. The number of amides is 1. The number of nitrogens with zero attached hydrogens (tertiary/aromatic N) is 1. The molecule has 1 N–H and O–H groups in total. The highest BCUT2D eigenvalue weighted by Crippen LogP contribution is 2.48. The van der Waals surface area contributed by atoms with Gasteiger partial charge in [-0.2, -0.15) is 0 Å². The highest BCUT2D eigenvalue weighted by atomic mass is 31.0. The molecule has 1 aliphatic rings. The van der Waals surface area contributed by atoms with Gasteiger partial charge in [0.25, 0.3) is 5.91 Å². The van der Waals surface area contributed by atoms with Crippen molar-refractivity contribution in [2.45, 2.75) is 25.7 Å². The minimum absolute atomic E-state index is 0.139. The third-order valence-electron chi connectivity index (χ3n) is 6.34. The molecule has 168 valence electrons. The summed E-state index contributed by atoms with van der Waals surface area (Å²) < 4.78 is 11.6. The molecule has 0 aliphatic heterocycles. The highest BCUT2D eigenvalue weighted by Gasteiger charge is 2.30. The van der Waals surface area contributed by atoms with Crippen molar-refractivity contribution in [3.05, 3.63) is 77.4 Å². The monoisotopic (exact) mass is 458 g/mol. The largest absolute Gasteiger partial charge is 0.480 e. The Morgan fingerprint density at radius 3 is 2.39 bits per heavy atom. The summed E-state index contributed by atoms with van der Waals surface area (Å²) in [6.07, 6.45) is 2.31. The van der Waals surface area contributed by atoms with Gasteiger partial charge in [0.2, 0.25) is 0 Å². The number of fused-ring (bicyclic) bond motifs is 1. The van der Waals surface area contributed by atoms with Crippen LogP contribution in [-0.2, 0) is 0 Å². The van der Waals surface area contributed by atoms with Crippen LogP contribution >= 0.6 is 9.47 Å². The van der Waals surface area contributed by atoms with Crippen LogP contribution in [0.1, 0.15) is 40.2 Å². The van der Waals surface area contributed by atoms with Crippen LogP contribution in [0.25, 0.3) is 22.3 Å². The van der Waals surface area contributed by atoms with Crippen LogP contribution in [0.2, 0.25) is 0 Å². The molecule has 1 atom stereocenters. The van der Waals surface area contributed by atoms with E-state index >= 15 is 0 Å². The Labute approximate surface area is 196 Å². The van der Waals surface area contributed by atoms with Crippen molar-refractivity contribution < 1.29 is 13.7 Å². The van der Waals surface area contributed by atoms with E-state index in [0.717, 1.165) is 46.5 Å². The summed E-state index contributed by atoms with van der Waals surface area (Å²) in [6, 6.07) is 20.3. The van der Waals surface area contributed by atoms with Gasteiger partial charge in [-0.25, -0.2) is 0 Å². The number of furan rings is 1. The summed E-state index contributed by atoms with van der Waals surface area (Å²) in [6.45, 7) is 2.05. The van der Waals surface area contributed by atoms with Gasteiger partial charge in [0.15, 0.2) is 0 Å². The van der Waals surface area contributed by atoms with E-state index in [2.05, 4.69) is 38.9 Å². The minimum Gasteiger partial charge on any atom is -0.480 e. The first-order chi connectivity index (χ1) is 16.0. The molecule has 4 aromatic rings. The van der Waals surface area contributed by atoms with Crippen LogP contribution in [0, 0.1) is 6.92 Å².